The maximum Gasteiger partial charge on any atom is 0.0824 e. The molecule has 0 atom stereocenters. The van der Waals surface area contributed by atoms with E-state index in [-0.39, 0.29) is 0 Å². The quantitative estimate of drug-likeness (QED) is 0.166. The zero-order valence-electron chi connectivity index (χ0n) is 14.6. The molecular weight excluding hydrogens is 256 g/mol. The van der Waals surface area contributed by atoms with Crippen molar-refractivity contribution in [2.24, 2.45) is 0 Å². The third kappa shape index (κ3) is 19.3. The summed E-state index contributed by atoms with van der Waals surface area (Å²) in [6.07, 6.45) is 27.7. The SMILES string of the molecule is CCCCCCCCCCCCCCCC=CC=COC. The van der Waals surface area contributed by atoms with Crippen LogP contribution >= 0.6 is 0 Å². The zero-order valence-corrected chi connectivity index (χ0v) is 14.6. The van der Waals surface area contributed by atoms with Crippen LogP contribution in [0.25, 0.3) is 0 Å². The van der Waals surface area contributed by atoms with Crippen molar-refractivity contribution in [1.82, 2.24) is 0 Å². The number of unbranched alkanes of at least 4 members (excludes halogenated alkanes) is 13. The summed E-state index contributed by atoms with van der Waals surface area (Å²) in [4.78, 5) is 0. The number of methoxy groups -OCH3 is 1. The molecule has 0 bridgehead atoms. The van der Waals surface area contributed by atoms with Gasteiger partial charge in [0, 0.05) is 0 Å². The molecule has 0 amide bonds. The van der Waals surface area contributed by atoms with Gasteiger partial charge in [0.1, 0.15) is 0 Å². The first-order valence-corrected chi connectivity index (χ1v) is 9.26. The molecule has 1 heteroatoms. The van der Waals surface area contributed by atoms with Gasteiger partial charge in [-0.05, 0) is 18.9 Å². The van der Waals surface area contributed by atoms with Gasteiger partial charge >= 0.3 is 0 Å². The highest BCUT2D eigenvalue weighted by atomic mass is 16.5. The Morgan fingerprint density at radius 3 is 1.57 bits per heavy atom. The lowest BCUT2D eigenvalue weighted by Crippen LogP contribution is -1.82. The Balaban J connectivity index is 3.02. The molecule has 21 heavy (non-hydrogen) atoms. The average Bonchev–Trinajstić information content (AvgIpc) is 2.50. The minimum absolute atomic E-state index is 1.20. The molecule has 124 valence electrons. The number of allylic oxidation sites excluding steroid dienone is 3. The molecule has 0 aliphatic rings. The van der Waals surface area contributed by atoms with Crippen LogP contribution in [0.1, 0.15) is 96.8 Å². The van der Waals surface area contributed by atoms with Crippen LogP contribution in [0.15, 0.2) is 24.5 Å². The van der Waals surface area contributed by atoms with Gasteiger partial charge in [-0.15, -0.1) is 0 Å². The van der Waals surface area contributed by atoms with Crippen molar-refractivity contribution in [3.63, 3.8) is 0 Å². The largest absolute Gasteiger partial charge is 0.504 e. The molecule has 0 aromatic rings. The fourth-order valence-electron chi connectivity index (χ4n) is 2.58. The van der Waals surface area contributed by atoms with Crippen molar-refractivity contribution in [3.8, 4) is 0 Å². The van der Waals surface area contributed by atoms with E-state index < -0.39 is 0 Å². The van der Waals surface area contributed by atoms with Crippen molar-refractivity contribution < 1.29 is 4.74 Å². The fraction of sp³-hybridized carbons (Fsp3) is 0.800. The van der Waals surface area contributed by atoms with Crippen LogP contribution in [-0.2, 0) is 4.74 Å². The number of hydrogen-bond donors (Lipinski definition) is 0. The minimum Gasteiger partial charge on any atom is -0.504 e. The molecule has 0 radical (unpaired) electrons. The Morgan fingerprint density at radius 2 is 1.10 bits per heavy atom. The molecule has 0 unspecified atom stereocenters. The summed E-state index contributed by atoms with van der Waals surface area (Å²) in [5.74, 6) is 0. The zero-order chi connectivity index (χ0) is 15.4. The van der Waals surface area contributed by atoms with E-state index >= 15 is 0 Å². The Morgan fingerprint density at radius 1 is 0.619 bits per heavy atom. The third-order valence-electron chi connectivity index (χ3n) is 3.94. The van der Waals surface area contributed by atoms with Gasteiger partial charge in [-0.25, -0.2) is 0 Å². The summed E-state index contributed by atoms with van der Waals surface area (Å²) in [5, 5.41) is 0. The van der Waals surface area contributed by atoms with Gasteiger partial charge in [0.05, 0.1) is 13.4 Å². The first-order valence-electron chi connectivity index (χ1n) is 9.26. The first kappa shape index (κ1) is 20.3. The van der Waals surface area contributed by atoms with Crippen molar-refractivity contribution in [2.75, 3.05) is 7.11 Å². The van der Waals surface area contributed by atoms with E-state index in [9.17, 15) is 0 Å². The van der Waals surface area contributed by atoms with Crippen molar-refractivity contribution in [3.05, 3.63) is 24.5 Å². The topological polar surface area (TPSA) is 9.23 Å². The first-order chi connectivity index (χ1) is 10.4. The van der Waals surface area contributed by atoms with Crippen molar-refractivity contribution >= 4 is 0 Å². The highest BCUT2D eigenvalue weighted by molar-refractivity contribution is 4.99. The molecule has 0 saturated carbocycles. The smallest absolute Gasteiger partial charge is 0.0824 e. The van der Waals surface area contributed by atoms with E-state index in [0.717, 1.165) is 0 Å². The Bertz CT molecular complexity index is 230. The number of ether oxygens (including phenoxy) is 1. The lowest BCUT2D eigenvalue weighted by atomic mass is 10.0. The fourth-order valence-corrected chi connectivity index (χ4v) is 2.58. The second kappa shape index (κ2) is 19.3. The summed E-state index contributed by atoms with van der Waals surface area (Å²) >= 11 is 0. The van der Waals surface area contributed by atoms with Gasteiger partial charge in [-0.1, -0.05) is 96.1 Å². The van der Waals surface area contributed by atoms with E-state index in [1.165, 1.54) is 89.9 Å². The summed E-state index contributed by atoms with van der Waals surface area (Å²) < 4.78 is 4.83. The van der Waals surface area contributed by atoms with Crippen LogP contribution < -0.4 is 0 Å². The monoisotopic (exact) mass is 294 g/mol. The predicted octanol–water partition coefficient (Wildman–Crippen LogP) is 7.18. The van der Waals surface area contributed by atoms with Gasteiger partial charge in [0.15, 0.2) is 0 Å². The second-order valence-electron chi connectivity index (χ2n) is 6.02. The Labute approximate surface area is 133 Å². The van der Waals surface area contributed by atoms with Crippen LogP contribution in [0.2, 0.25) is 0 Å². The van der Waals surface area contributed by atoms with Crippen molar-refractivity contribution in [1.29, 1.82) is 0 Å². The van der Waals surface area contributed by atoms with Crippen molar-refractivity contribution in [2.45, 2.75) is 96.8 Å². The Hall–Kier alpha value is -0.720. The van der Waals surface area contributed by atoms with Gasteiger partial charge in [-0.2, -0.15) is 0 Å². The van der Waals surface area contributed by atoms with Crippen LogP contribution in [-0.4, -0.2) is 7.11 Å². The maximum absolute atomic E-state index is 4.83. The summed E-state index contributed by atoms with van der Waals surface area (Å²) in [5.41, 5.74) is 0. The molecule has 0 fully saturated rings. The van der Waals surface area contributed by atoms with Gasteiger partial charge in [0.2, 0.25) is 0 Å². The van der Waals surface area contributed by atoms with Gasteiger partial charge in [0.25, 0.3) is 0 Å². The molecule has 0 heterocycles. The normalized spacial score (nSPS) is 11.7. The van der Waals surface area contributed by atoms with Crippen LogP contribution in [0.3, 0.4) is 0 Å². The van der Waals surface area contributed by atoms with E-state index in [1.807, 2.05) is 6.08 Å². The molecule has 0 N–H and O–H groups in total. The highest BCUT2D eigenvalue weighted by Gasteiger charge is 1.93. The molecule has 0 spiro atoms. The molecule has 0 aliphatic heterocycles. The molecule has 0 aromatic heterocycles. The molecule has 0 aliphatic carbocycles. The van der Waals surface area contributed by atoms with E-state index in [4.69, 9.17) is 4.74 Å². The average molecular weight is 295 g/mol. The third-order valence-corrected chi connectivity index (χ3v) is 3.94. The summed E-state index contributed by atoms with van der Waals surface area (Å²) in [6, 6.07) is 0. The van der Waals surface area contributed by atoms with E-state index in [1.54, 1.807) is 13.4 Å². The molecular formula is C20H38O. The number of rotatable bonds is 16. The lowest BCUT2D eigenvalue weighted by Gasteiger charge is -2.02. The number of hydrogen-bond acceptors (Lipinski definition) is 1. The lowest BCUT2D eigenvalue weighted by molar-refractivity contribution is 0.338. The summed E-state index contributed by atoms with van der Waals surface area (Å²) in [7, 11) is 1.68. The van der Waals surface area contributed by atoms with E-state index in [2.05, 4.69) is 19.1 Å². The maximum atomic E-state index is 4.83. The minimum atomic E-state index is 1.20. The second-order valence-corrected chi connectivity index (χ2v) is 6.02. The van der Waals surface area contributed by atoms with Gasteiger partial charge in [-0.3, -0.25) is 0 Å². The highest BCUT2D eigenvalue weighted by Crippen LogP contribution is 2.12. The van der Waals surface area contributed by atoms with Gasteiger partial charge < -0.3 is 4.74 Å². The predicted molar refractivity (Wildman–Crippen MR) is 95.6 cm³/mol. The standard InChI is InChI=1S/C20H38O/c1-3-4-5-6-7-8-9-10-11-12-13-14-15-16-17-18-19-20-21-2/h17-20H,3-16H2,1-2H3. The van der Waals surface area contributed by atoms with E-state index in [0.29, 0.717) is 0 Å². The molecule has 0 saturated heterocycles. The molecule has 0 rings (SSSR count). The molecule has 1 nitrogen and oxygen atoms in total. The van der Waals surface area contributed by atoms with Crippen LogP contribution in [0, 0.1) is 0 Å². The van der Waals surface area contributed by atoms with Crippen LogP contribution in [0.4, 0.5) is 0 Å². The van der Waals surface area contributed by atoms with Crippen LogP contribution in [0.5, 0.6) is 0 Å². The summed E-state index contributed by atoms with van der Waals surface area (Å²) in [6.45, 7) is 2.29. The Kier molecular flexibility index (Phi) is 18.6. The molecule has 0 aromatic carbocycles.